The number of hydrogen-bond donors (Lipinski definition) is 1. The summed E-state index contributed by atoms with van der Waals surface area (Å²) in [5, 5.41) is 0. The molecule has 2 atom stereocenters. The first-order valence-corrected chi connectivity index (χ1v) is 12.6. The molecule has 1 aromatic rings. The zero-order valence-corrected chi connectivity index (χ0v) is 21.6. The molecule has 0 radical (unpaired) electrons. The van der Waals surface area contributed by atoms with Crippen LogP contribution in [0.3, 0.4) is 0 Å². The van der Waals surface area contributed by atoms with Crippen molar-refractivity contribution < 1.29 is 9.53 Å². The first-order chi connectivity index (χ1) is 15.0. The van der Waals surface area contributed by atoms with Crippen LogP contribution < -0.4 is 15.4 Å². The fourth-order valence-corrected chi connectivity index (χ4v) is 4.06. The van der Waals surface area contributed by atoms with Gasteiger partial charge in [-0.1, -0.05) is 54.9 Å². The van der Waals surface area contributed by atoms with Gasteiger partial charge >= 0.3 is 0 Å². The third-order valence-corrected chi connectivity index (χ3v) is 6.55. The van der Waals surface area contributed by atoms with E-state index in [0.717, 1.165) is 51.1 Å². The van der Waals surface area contributed by atoms with Crippen molar-refractivity contribution >= 4 is 11.6 Å². The molecule has 1 saturated heterocycles. The molecule has 2 rings (SSSR count). The molecular weight excluding hydrogens is 398 g/mol. The van der Waals surface area contributed by atoms with Crippen molar-refractivity contribution in [1.29, 1.82) is 0 Å². The molecule has 1 amide bonds. The lowest BCUT2D eigenvalue weighted by atomic mass is 9.96. The number of anilines is 1. The number of rotatable bonds is 10. The van der Waals surface area contributed by atoms with Gasteiger partial charge in [0, 0.05) is 31.4 Å². The Hall–Kier alpha value is -1.75. The Morgan fingerprint density at radius 1 is 1.16 bits per heavy atom. The largest absolute Gasteiger partial charge is 0.493 e. The average Bonchev–Trinajstić information content (AvgIpc) is 2.76. The molecular formula is C27H47N3O2. The van der Waals surface area contributed by atoms with Crippen molar-refractivity contribution in [3.63, 3.8) is 0 Å². The van der Waals surface area contributed by atoms with Crippen LogP contribution in [0.1, 0.15) is 74.1 Å². The normalized spacial score (nSPS) is 17.3. The van der Waals surface area contributed by atoms with Gasteiger partial charge in [-0.15, -0.1) is 0 Å². The van der Waals surface area contributed by atoms with Crippen LogP contribution in [-0.4, -0.2) is 49.1 Å². The highest BCUT2D eigenvalue weighted by Gasteiger charge is 2.31. The molecule has 1 heterocycles. The molecule has 0 bridgehead atoms. The molecule has 182 valence electrons. The lowest BCUT2D eigenvalue weighted by Crippen LogP contribution is -2.52. The number of likely N-dealkylation sites (tertiary alicyclic amines) is 1. The van der Waals surface area contributed by atoms with Crippen molar-refractivity contribution in [2.24, 2.45) is 23.0 Å². The van der Waals surface area contributed by atoms with Gasteiger partial charge in [-0.05, 0) is 60.8 Å². The van der Waals surface area contributed by atoms with Crippen molar-refractivity contribution in [2.75, 3.05) is 31.1 Å². The molecule has 0 aromatic heterocycles. The summed E-state index contributed by atoms with van der Waals surface area (Å²) in [7, 11) is 0. The van der Waals surface area contributed by atoms with E-state index >= 15 is 0 Å². The summed E-state index contributed by atoms with van der Waals surface area (Å²) in [4.78, 5) is 17.3. The fourth-order valence-electron chi connectivity index (χ4n) is 4.06. The summed E-state index contributed by atoms with van der Waals surface area (Å²) in [6, 6.07) is 8.62. The molecule has 2 N–H and O–H groups in total. The van der Waals surface area contributed by atoms with Crippen LogP contribution in [0, 0.1) is 17.3 Å². The van der Waals surface area contributed by atoms with E-state index in [1.165, 1.54) is 5.69 Å². The number of amides is 1. The Balaban J connectivity index is 2.04. The van der Waals surface area contributed by atoms with Crippen LogP contribution in [0.15, 0.2) is 24.3 Å². The lowest BCUT2D eigenvalue weighted by Gasteiger charge is -2.41. The summed E-state index contributed by atoms with van der Waals surface area (Å²) in [6.45, 7) is 18.6. The molecule has 0 saturated carbocycles. The second-order valence-corrected chi connectivity index (χ2v) is 11.2. The summed E-state index contributed by atoms with van der Waals surface area (Å²) in [5.41, 5.74) is 7.61. The molecule has 32 heavy (non-hydrogen) atoms. The predicted octanol–water partition coefficient (Wildman–Crippen LogP) is 5.33. The Bertz CT molecular complexity index is 688. The minimum absolute atomic E-state index is 0.117. The number of ether oxygens (including phenoxy) is 1. The van der Waals surface area contributed by atoms with Crippen molar-refractivity contribution in [3.05, 3.63) is 24.3 Å². The SMILES string of the molecule is CCC(C)C(N)C(=O)N1CCC(N(CCC(C)C)c2ccc(OCC(C)(C)C)cc2)CC1. The maximum atomic E-state index is 12.8. The average molecular weight is 446 g/mol. The molecule has 2 unspecified atom stereocenters. The van der Waals surface area contributed by atoms with E-state index < -0.39 is 0 Å². The minimum atomic E-state index is -0.380. The number of piperidine rings is 1. The molecule has 5 heteroatoms. The maximum Gasteiger partial charge on any atom is 0.239 e. The predicted molar refractivity (Wildman–Crippen MR) is 135 cm³/mol. The first kappa shape index (κ1) is 26.5. The lowest BCUT2D eigenvalue weighted by molar-refractivity contribution is -0.134. The number of hydrogen-bond acceptors (Lipinski definition) is 4. The van der Waals surface area contributed by atoms with Crippen molar-refractivity contribution in [2.45, 2.75) is 86.2 Å². The van der Waals surface area contributed by atoms with Gasteiger partial charge in [-0.25, -0.2) is 0 Å². The van der Waals surface area contributed by atoms with Crippen LogP contribution in [0.5, 0.6) is 5.75 Å². The molecule has 0 aliphatic carbocycles. The number of carbonyl (C=O) groups excluding carboxylic acids is 1. The van der Waals surface area contributed by atoms with Gasteiger partial charge in [-0.3, -0.25) is 4.79 Å². The highest BCUT2D eigenvalue weighted by molar-refractivity contribution is 5.82. The third-order valence-electron chi connectivity index (χ3n) is 6.55. The molecule has 1 aliphatic heterocycles. The Labute approximate surface area is 196 Å². The zero-order chi connectivity index (χ0) is 23.9. The molecule has 1 aromatic carbocycles. The van der Waals surface area contributed by atoms with Crippen LogP contribution in [0.25, 0.3) is 0 Å². The summed E-state index contributed by atoms with van der Waals surface area (Å²) in [5.74, 6) is 1.92. The van der Waals surface area contributed by atoms with E-state index in [4.69, 9.17) is 10.5 Å². The zero-order valence-electron chi connectivity index (χ0n) is 21.6. The summed E-state index contributed by atoms with van der Waals surface area (Å²) >= 11 is 0. The topological polar surface area (TPSA) is 58.8 Å². The van der Waals surface area contributed by atoms with E-state index in [1.807, 2.05) is 4.90 Å². The van der Waals surface area contributed by atoms with E-state index in [0.29, 0.717) is 18.6 Å². The second kappa shape index (κ2) is 11.9. The Kier molecular flexibility index (Phi) is 9.87. The number of nitrogens with zero attached hydrogens (tertiary/aromatic N) is 2. The monoisotopic (exact) mass is 445 g/mol. The summed E-state index contributed by atoms with van der Waals surface area (Å²) in [6.07, 6.45) is 4.06. The first-order valence-electron chi connectivity index (χ1n) is 12.6. The van der Waals surface area contributed by atoms with E-state index in [9.17, 15) is 4.79 Å². The Morgan fingerprint density at radius 2 is 1.75 bits per heavy atom. The standard InChI is InChI=1S/C27H47N3O2/c1-8-21(4)25(28)26(31)29-16-14-23(15-17-29)30(18-13-20(2)3)22-9-11-24(12-10-22)32-19-27(5,6)7/h9-12,20-21,23,25H,8,13-19,28H2,1-7H3. The van der Waals surface area contributed by atoms with Crippen molar-refractivity contribution in [3.8, 4) is 5.75 Å². The molecule has 0 spiro atoms. The van der Waals surface area contributed by atoms with E-state index in [1.54, 1.807) is 0 Å². The highest BCUT2D eigenvalue weighted by atomic mass is 16.5. The van der Waals surface area contributed by atoms with Crippen LogP contribution in [0.4, 0.5) is 5.69 Å². The third kappa shape index (κ3) is 7.99. The van der Waals surface area contributed by atoms with Gasteiger partial charge in [0.2, 0.25) is 5.91 Å². The van der Waals surface area contributed by atoms with Gasteiger partial charge in [0.05, 0.1) is 12.6 Å². The van der Waals surface area contributed by atoms with Crippen LogP contribution in [-0.2, 0) is 4.79 Å². The van der Waals surface area contributed by atoms with Crippen LogP contribution >= 0.6 is 0 Å². The molecule has 1 aliphatic rings. The summed E-state index contributed by atoms with van der Waals surface area (Å²) < 4.78 is 5.97. The van der Waals surface area contributed by atoms with Gasteiger partial charge in [0.15, 0.2) is 0 Å². The van der Waals surface area contributed by atoms with Gasteiger partial charge in [0.1, 0.15) is 5.75 Å². The number of nitrogens with two attached hydrogens (primary N) is 1. The molecule has 1 fully saturated rings. The smallest absolute Gasteiger partial charge is 0.239 e. The number of carbonyl (C=O) groups is 1. The van der Waals surface area contributed by atoms with Crippen LogP contribution in [0.2, 0.25) is 0 Å². The van der Waals surface area contributed by atoms with E-state index in [-0.39, 0.29) is 23.3 Å². The fraction of sp³-hybridized carbons (Fsp3) is 0.741. The minimum Gasteiger partial charge on any atom is -0.493 e. The van der Waals surface area contributed by atoms with Gasteiger partial charge < -0.3 is 20.3 Å². The van der Waals surface area contributed by atoms with Crippen molar-refractivity contribution in [1.82, 2.24) is 4.90 Å². The maximum absolute atomic E-state index is 12.8. The second-order valence-electron chi connectivity index (χ2n) is 11.2. The quantitative estimate of drug-likeness (QED) is 0.529. The number of benzene rings is 1. The van der Waals surface area contributed by atoms with Gasteiger partial charge in [-0.2, -0.15) is 0 Å². The molecule has 5 nitrogen and oxygen atoms in total. The Morgan fingerprint density at radius 3 is 2.25 bits per heavy atom. The highest BCUT2D eigenvalue weighted by Crippen LogP contribution is 2.28. The van der Waals surface area contributed by atoms with Gasteiger partial charge in [0.25, 0.3) is 0 Å². The van der Waals surface area contributed by atoms with E-state index in [2.05, 4.69) is 77.6 Å².